The zero-order valence-corrected chi connectivity index (χ0v) is 12.7. The van der Waals surface area contributed by atoms with Gasteiger partial charge in [-0.2, -0.15) is 0 Å². The molecule has 9 heteroatoms. The Morgan fingerprint density at radius 2 is 2.19 bits per heavy atom. The van der Waals surface area contributed by atoms with E-state index in [2.05, 4.69) is 0 Å². The molecular formula is C12H14ClFN2O4S. The number of halogens is 2. The molecule has 116 valence electrons. The number of carbonyl (C=O) groups is 1. The van der Waals surface area contributed by atoms with Crippen LogP contribution in [0.5, 0.6) is 0 Å². The van der Waals surface area contributed by atoms with Gasteiger partial charge in [0.05, 0.1) is 16.7 Å². The summed E-state index contributed by atoms with van der Waals surface area (Å²) in [6, 6.07) is 1.65. The van der Waals surface area contributed by atoms with Crippen LogP contribution in [0.4, 0.5) is 4.39 Å². The molecule has 1 aromatic rings. The molecule has 0 bridgehead atoms. The highest BCUT2D eigenvalue weighted by Gasteiger charge is 2.29. The maximum atomic E-state index is 13.9. The summed E-state index contributed by atoms with van der Waals surface area (Å²) in [4.78, 5) is 13.2. The van der Waals surface area contributed by atoms with E-state index < -0.39 is 26.6 Å². The number of nitrogens with two attached hydrogens (primary N) is 1. The molecule has 1 heterocycles. The fourth-order valence-corrected chi connectivity index (χ4v) is 3.27. The van der Waals surface area contributed by atoms with Gasteiger partial charge in [0.1, 0.15) is 10.7 Å². The number of sulfonamides is 1. The second-order valence-corrected chi connectivity index (χ2v) is 6.64. The number of hydrogen-bond donors (Lipinski definition) is 1. The molecule has 1 atom stereocenters. The molecular weight excluding hydrogens is 323 g/mol. The number of hydrogen-bond acceptors (Lipinski definition) is 4. The number of amides is 1. The lowest BCUT2D eigenvalue weighted by Gasteiger charge is -2.17. The first-order valence-corrected chi connectivity index (χ1v) is 8.00. The zero-order valence-electron chi connectivity index (χ0n) is 11.2. The maximum absolute atomic E-state index is 13.9. The summed E-state index contributed by atoms with van der Waals surface area (Å²) in [5, 5.41) is 4.64. The lowest BCUT2D eigenvalue weighted by atomic mass is 10.2. The summed E-state index contributed by atoms with van der Waals surface area (Å²) in [5.41, 5.74) is -0.375. The van der Waals surface area contributed by atoms with E-state index in [-0.39, 0.29) is 16.7 Å². The summed E-state index contributed by atoms with van der Waals surface area (Å²) >= 11 is 5.65. The second kappa shape index (κ2) is 5.88. The molecule has 1 aromatic carbocycles. The normalized spacial score (nSPS) is 19.0. The number of primary sulfonamides is 1. The van der Waals surface area contributed by atoms with E-state index in [1.54, 1.807) is 0 Å². The molecule has 6 nitrogen and oxygen atoms in total. The smallest absolute Gasteiger partial charge is 0.256 e. The van der Waals surface area contributed by atoms with Crippen molar-refractivity contribution in [3.63, 3.8) is 0 Å². The van der Waals surface area contributed by atoms with Crippen molar-refractivity contribution in [2.24, 2.45) is 5.14 Å². The Kier molecular flexibility index (Phi) is 4.52. The number of rotatable bonds is 3. The first-order chi connectivity index (χ1) is 9.74. The van der Waals surface area contributed by atoms with Gasteiger partial charge in [0.15, 0.2) is 0 Å². The van der Waals surface area contributed by atoms with E-state index in [0.717, 1.165) is 12.1 Å². The highest BCUT2D eigenvalue weighted by molar-refractivity contribution is 7.89. The predicted octanol–water partition coefficient (Wildman–Crippen LogP) is 0.987. The largest absolute Gasteiger partial charge is 0.380 e. The van der Waals surface area contributed by atoms with Crippen molar-refractivity contribution in [2.45, 2.75) is 17.4 Å². The summed E-state index contributed by atoms with van der Waals surface area (Å²) in [6.45, 7) is 0.728. The predicted molar refractivity (Wildman–Crippen MR) is 74.1 cm³/mol. The van der Waals surface area contributed by atoms with Crippen LogP contribution < -0.4 is 5.14 Å². The van der Waals surface area contributed by atoms with Crippen molar-refractivity contribution in [3.8, 4) is 0 Å². The van der Waals surface area contributed by atoms with Crippen LogP contribution in [-0.4, -0.2) is 45.5 Å². The Morgan fingerprint density at radius 1 is 1.52 bits per heavy atom. The fraction of sp³-hybridized carbons (Fsp3) is 0.417. The average Bonchev–Trinajstić information content (AvgIpc) is 2.85. The van der Waals surface area contributed by atoms with E-state index >= 15 is 0 Å². The summed E-state index contributed by atoms with van der Waals surface area (Å²) in [7, 11) is -2.61. The SMILES string of the molecule is COC1CCN(C(=O)c2cc(S(N)(=O)=O)c(Cl)cc2F)C1. The van der Waals surface area contributed by atoms with Gasteiger partial charge in [-0.25, -0.2) is 17.9 Å². The minimum absolute atomic E-state index is 0.109. The Morgan fingerprint density at radius 3 is 2.71 bits per heavy atom. The lowest BCUT2D eigenvalue weighted by Crippen LogP contribution is -2.31. The van der Waals surface area contributed by atoms with Crippen molar-refractivity contribution in [3.05, 3.63) is 28.5 Å². The molecule has 2 N–H and O–H groups in total. The van der Waals surface area contributed by atoms with Gasteiger partial charge in [0.2, 0.25) is 10.0 Å². The Bertz CT molecular complexity index is 680. The highest BCUT2D eigenvalue weighted by atomic mass is 35.5. The van der Waals surface area contributed by atoms with Crippen molar-refractivity contribution < 1.29 is 22.3 Å². The number of likely N-dealkylation sites (tertiary alicyclic amines) is 1. The van der Waals surface area contributed by atoms with Crippen LogP contribution in [0.3, 0.4) is 0 Å². The molecule has 2 rings (SSSR count). The topological polar surface area (TPSA) is 89.7 Å². The van der Waals surface area contributed by atoms with Crippen LogP contribution in [0, 0.1) is 5.82 Å². The monoisotopic (exact) mass is 336 g/mol. The van der Waals surface area contributed by atoms with Crippen LogP contribution in [0.25, 0.3) is 0 Å². The molecule has 1 aliphatic rings. The van der Waals surface area contributed by atoms with Gasteiger partial charge in [-0.15, -0.1) is 0 Å². The minimum atomic E-state index is -4.14. The van der Waals surface area contributed by atoms with Gasteiger partial charge in [-0.3, -0.25) is 4.79 Å². The van der Waals surface area contributed by atoms with E-state index in [9.17, 15) is 17.6 Å². The quantitative estimate of drug-likeness (QED) is 0.891. The van der Waals surface area contributed by atoms with Gasteiger partial charge in [-0.1, -0.05) is 11.6 Å². The van der Waals surface area contributed by atoms with Gasteiger partial charge < -0.3 is 9.64 Å². The highest BCUT2D eigenvalue weighted by Crippen LogP contribution is 2.26. The number of ether oxygens (including phenoxy) is 1. The average molecular weight is 337 g/mol. The molecule has 1 unspecified atom stereocenters. The van der Waals surface area contributed by atoms with Crippen LogP contribution in [0.1, 0.15) is 16.8 Å². The van der Waals surface area contributed by atoms with Crippen LogP contribution in [0.15, 0.2) is 17.0 Å². The van der Waals surface area contributed by atoms with Gasteiger partial charge in [-0.05, 0) is 18.6 Å². The van der Waals surface area contributed by atoms with Crippen LogP contribution in [0.2, 0.25) is 5.02 Å². The zero-order chi connectivity index (χ0) is 15.8. The summed E-state index contributed by atoms with van der Waals surface area (Å²) < 4.78 is 41.8. The van der Waals surface area contributed by atoms with Gasteiger partial charge >= 0.3 is 0 Å². The second-order valence-electron chi connectivity index (χ2n) is 4.71. The van der Waals surface area contributed by atoms with Crippen molar-refractivity contribution in [2.75, 3.05) is 20.2 Å². The molecule has 0 saturated carbocycles. The Balaban J connectivity index is 2.38. The van der Waals surface area contributed by atoms with Crippen molar-refractivity contribution in [1.29, 1.82) is 0 Å². The first-order valence-electron chi connectivity index (χ1n) is 6.08. The van der Waals surface area contributed by atoms with E-state index in [1.165, 1.54) is 12.0 Å². The third-order valence-corrected chi connectivity index (χ3v) is 4.70. The lowest BCUT2D eigenvalue weighted by molar-refractivity contribution is 0.0719. The molecule has 1 saturated heterocycles. The molecule has 1 fully saturated rings. The van der Waals surface area contributed by atoms with E-state index in [1.807, 2.05) is 0 Å². The Labute approximate surface area is 126 Å². The molecule has 0 radical (unpaired) electrons. The molecule has 1 aliphatic heterocycles. The summed E-state index contributed by atoms with van der Waals surface area (Å²) in [5.74, 6) is -1.51. The molecule has 21 heavy (non-hydrogen) atoms. The van der Waals surface area contributed by atoms with Gasteiger partial charge in [0, 0.05) is 20.2 Å². The van der Waals surface area contributed by atoms with Crippen molar-refractivity contribution >= 4 is 27.5 Å². The third kappa shape index (κ3) is 3.34. The standard InChI is InChI=1S/C12H14ClFN2O4S/c1-20-7-2-3-16(6-7)12(17)8-4-11(21(15,18)19)9(13)5-10(8)14/h4-5,7H,2-3,6H2,1H3,(H2,15,18,19). The Hall–Kier alpha value is -1.22. The minimum Gasteiger partial charge on any atom is -0.380 e. The summed E-state index contributed by atoms with van der Waals surface area (Å²) in [6.07, 6.45) is 0.529. The number of carbonyl (C=O) groups excluding carboxylic acids is 1. The van der Waals surface area contributed by atoms with Crippen molar-refractivity contribution in [1.82, 2.24) is 4.90 Å². The molecule has 0 spiro atoms. The number of nitrogens with zero attached hydrogens (tertiary/aromatic N) is 1. The fourth-order valence-electron chi connectivity index (χ4n) is 2.19. The maximum Gasteiger partial charge on any atom is 0.256 e. The number of benzene rings is 1. The molecule has 0 aliphatic carbocycles. The van der Waals surface area contributed by atoms with Crippen LogP contribution in [-0.2, 0) is 14.8 Å². The van der Waals surface area contributed by atoms with E-state index in [4.69, 9.17) is 21.5 Å². The molecule has 1 amide bonds. The van der Waals surface area contributed by atoms with Crippen LogP contribution >= 0.6 is 11.6 Å². The molecule has 0 aromatic heterocycles. The number of methoxy groups -OCH3 is 1. The first kappa shape index (κ1) is 16.2. The van der Waals surface area contributed by atoms with Gasteiger partial charge in [0.25, 0.3) is 5.91 Å². The third-order valence-electron chi connectivity index (χ3n) is 3.32. The van der Waals surface area contributed by atoms with E-state index in [0.29, 0.717) is 19.5 Å².